The number of imidazole rings is 1. The molecular formula is C31H32F3N5O2. The van der Waals surface area contributed by atoms with E-state index in [1.165, 1.54) is 6.07 Å². The molecule has 3 amide bonds. The fraction of sp³-hybridized carbons (Fsp3) is 0.323. The number of hydrogen-bond acceptors (Lipinski definition) is 3. The van der Waals surface area contributed by atoms with E-state index in [2.05, 4.69) is 15.6 Å². The molecule has 41 heavy (non-hydrogen) atoms. The van der Waals surface area contributed by atoms with Gasteiger partial charge in [0.1, 0.15) is 5.65 Å². The fourth-order valence-corrected chi connectivity index (χ4v) is 5.16. The van der Waals surface area contributed by atoms with Gasteiger partial charge in [-0.1, -0.05) is 24.3 Å². The molecule has 2 aromatic heterocycles. The molecule has 0 bridgehead atoms. The number of nitrogens with zero attached hydrogens (tertiary/aromatic N) is 3. The molecule has 0 spiro atoms. The second-order valence-electron chi connectivity index (χ2n) is 11.2. The van der Waals surface area contributed by atoms with Crippen LogP contribution in [0.1, 0.15) is 53.5 Å². The molecule has 5 rings (SSSR count). The first-order chi connectivity index (χ1) is 19.4. The average molecular weight is 564 g/mol. The van der Waals surface area contributed by atoms with Crippen molar-refractivity contribution in [3.05, 3.63) is 94.9 Å². The number of aromatic nitrogens is 2. The summed E-state index contributed by atoms with van der Waals surface area (Å²) in [7, 11) is 0. The molecule has 2 aromatic carbocycles. The van der Waals surface area contributed by atoms with Gasteiger partial charge in [0.2, 0.25) is 0 Å². The SMILES string of the molecule is CC(C)(C)NC(=O)N1CCc2c(-c3cccc(C(F)(F)F)c3)ccc(C(=O)NCCc3cnc4ccccn34)c2C1. The number of carbonyl (C=O) groups excluding carboxylic acids is 2. The Morgan fingerprint density at radius 3 is 2.56 bits per heavy atom. The van der Waals surface area contributed by atoms with Gasteiger partial charge in [0.05, 0.1) is 5.56 Å². The van der Waals surface area contributed by atoms with Gasteiger partial charge in [-0.25, -0.2) is 9.78 Å². The van der Waals surface area contributed by atoms with E-state index in [0.717, 1.165) is 29.0 Å². The summed E-state index contributed by atoms with van der Waals surface area (Å²) in [6.07, 6.45) is 0.181. The highest BCUT2D eigenvalue weighted by Crippen LogP contribution is 2.36. The molecule has 10 heteroatoms. The lowest BCUT2D eigenvalue weighted by Crippen LogP contribution is -2.50. The van der Waals surface area contributed by atoms with Crippen LogP contribution < -0.4 is 10.6 Å². The summed E-state index contributed by atoms with van der Waals surface area (Å²) >= 11 is 0. The van der Waals surface area contributed by atoms with Crippen molar-refractivity contribution < 1.29 is 22.8 Å². The van der Waals surface area contributed by atoms with Crippen molar-refractivity contribution in [3.8, 4) is 11.1 Å². The Labute approximate surface area is 236 Å². The van der Waals surface area contributed by atoms with Crippen LogP contribution >= 0.6 is 0 Å². The van der Waals surface area contributed by atoms with Crippen LogP contribution in [-0.4, -0.2) is 44.9 Å². The molecule has 0 fully saturated rings. The molecule has 1 aliphatic heterocycles. The standard InChI is InChI=1S/C31H32F3N5O2/c1-30(2,3)37-29(41)38-16-13-24-23(20-7-6-8-21(17-20)31(32,33)34)10-11-25(26(24)19-38)28(40)35-14-12-22-18-36-27-9-4-5-15-39(22)27/h4-11,15,17-18H,12-14,16,19H2,1-3H3,(H,35,40)(H,37,41). The van der Waals surface area contributed by atoms with Gasteiger partial charge in [-0.15, -0.1) is 0 Å². The molecule has 1 aliphatic rings. The third kappa shape index (κ3) is 6.21. The molecule has 0 unspecified atom stereocenters. The molecule has 0 atom stereocenters. The maximum Gasteiger partial charge on any atom is 0.416 e. The zero-order valence-electron chi connectivity index (χ0n) is 23.2. The molecule has 3 heterocycles. The van der Waals surface area contributed by atoms with E-state index in [1.54, 1.807) is 29.3 Å². The number of nitrogens with one attached hydrogen (secondary N) is 2. The van der Waals surface area contributed by atoms with Gasteiger partial charge in [0.15, 0.2) is 0 Å². The van der Waals surface area contributed by atoms with Crippen LogP contribution in [0.2, 0.25) is 0 Å². The Kier molecular flexibility index (Phi) is 7.50. The van der Waals surface area contributed by atoms with Crippen LogP contribution in [0.25, 0.3) is 16.8 Å². The Morgan fingerprint density at radius 2 is 1.80 bits per heavy atom. The number of fused-ring (bicyclic) bond motifs is 2. The Balaban J connectivity index is 1.44. The number of benzene rings is 2. The highest BCUT2D eigenvalue weighted by Gasteiger charge is 2.32. The van der Waals surface area contributed by atoms with Crippen molar-refractivity contribution in [2.45, 2.75) is 51.9 Å². The lowest BCUT2D eigenvalue weighted by atomic mass is 9.87. The molecular weight excluding hydrogens is 531 g/mol. The summed E-state index contributed by atoms with van der Waals surface area (Å²) < 4.78 is 42.4. The highest BCUT2D eigenvalue weighted by molar-refractivity contribution is 5.97. The minimum atomic E-state index is -4.47. The van der Waals surface area contributed by atoms with Crippen molar-refractivity contribution in [2.24, 2.45) is 0 Å². The topological polar surface area (TPSA) is 78.7 Å². The van der Waals surface area contributed by atoms with Crippen LogP contribution in [0.5, 0.6) is 0 Å². The summed E-state index contributed by atoms with van der Waals surface area (Å²) in [6.45, 7) is 6.56. The number of rotatable bonds is 5. The summed E-state index contributed by atoms with van der Waals surface area (Å²) in [4.78, 5) is 32.5. The smallest absolute Gasteiger partial charge is 0.352 e. The molecule has 0 saturated carbocycles. The van der Waals surface area contributed by atoms with E-state index in [4.69, 9.17) is 0 Å². The van der Waals surface area contributed by atoms with E-state index in [1.807, 2.05) is 49.6 Å². The lowest BCUT2D eigenvalue weighted by molar-refractivity contribution is -0.137. The number of pyridine rings is 1. The zero-order chi connectivity index (χ0) is 29.4. The van der Waals surface area contributed by atoms with Gasteiger partial charge in [-0.05, 0) is 79.8 Å². The van der Waals surface area contributed by atoms with Crippen LogP contribution in [-0.2, 0) is 25.6 Å². The first-order valence-electron chi connectivity index (χ1n) is 13.5. The third-order valence-electron chi connectivity index (χ3n) is 7.09. The van der Waals surface area contributed by atoms with Crippen LogP contribution in [0.15, 0.2) is 67.0 Å². The van der Waals surface area contributed by atoms with Crippen molar-refractivity contribution in [3.63, 3.8) is 0 Å². The molecule has 7 nitrogen and oxygen atoms in total. The van der Waals surface area contributed by atoms with Gasteiger partial charge in [-0.2, -0.15) is 13.2 Å². The predicted octanol–water partition coefficient (Wildman–Crippen LogP) is 5.86. The van der Waals surface area contributed by atoms with Crippen molar-refractivity contribution in [1.82, 2.24) is 24.9 Å². The number of alkyl halides is 3. The van der Waals surface area contributed by atoms with E-state index in [0.29, 0.717) is 48.2 Å². The number of urea groups is 1. The van der Waals surface area contributed by atoms with Gasteiger partial charge in [0, 0.05) is 55.2 Å². The number of hydrogen-bond donors (Lipinski definition) is 2. The number of halogens is 3. The fourth-order valence-electron chi connectivity index (χ4n) is 5.16. The van der Waals surface area contributed by atoms with Crippen molar-refractivity contribution >= 4 is 17.6 Å². The van der Waals surface area contributed by atoms with Crippen molar-refractivity contribution in [2.75, 3.05) is 13.1 Å². The Bertz CT molecular complexity index is 1600. The van der Waals surface area contributed by atoms with Gasteiger partial charge < -0.3 is 19.9 Å². The maximum absolute atomic E-state index is 13.5. The van der Waals surface area contributed by atoms with Gasteiger partial charge in [0.25, 0.3) is 5.91 Å². The van der Waals surface area contributed by atoms with Gasteiger partial charge >= 0.3 is 12.2 Å². The summed E-state index contributed by atoms with van der Waals surface area (Å²) in [5.74, 6) is -0.302. The number of carbonyl (C=O) groups is 2. The number of amides is 3. The minimum Gasteiger partial charge on any atom is -0.352 e. The highest BCUT2D eigenvalue weighted by atomic mass is 19.4. The third-order valence-corrected chi connectivity index (χ3v) is 7.09. The first kappa shape index (κ1) is 28.2. The largest absolute Gasteiger partial charge is 0.416 e. The van der Waals surface area contributed by atoms with E-state index >= 15 is 0 Å². The van der Waals surface area contributed by atoms with E-state index in [9.17, 15) is 22.8 Å². The summed E-state index contributed by atoms with van der Waals surface area (Å²) in [5.41, 5.74) is 3.46. The van der Waals surface area contributed by atoms with Crippen LogP contribution in [0.3, 0.4) is 0 Å². The minimum absolute atomic E-state index is 0.167. The van der Waals surface area contributed by atoms with E-state index in [-0.39, 0.29) is 18.5 Å². The molecule has 0 radical (unpaired) electrons. The maximum atomic E-state index is 13.5. The summed E-state index contributed by atoms with van der Waals surface area (Å²) in [6, 6.07) is 14.0. The second kappa shape index (κ2) is 10.9. The average Bonchev–Trinajstić information content (AvgIpc) is 3.33. The Hall–Kier alpha value is -4.34. The molecule has 0 aliphatic carbocycles. The normalized spacial score (nSPS) is 13.7. The van der Waals surface area contributed by atoms with Crippen LogP contribution in [0.4, 0.5) is 18.0 Å². The van der Waals surface area contributed by atoms with Crippen molar-refractivity contribution in [1.29, 1.82) is 0 Å². The first-order valence-corrected chi connectivity index (χ1v) is 13.5. The molecule has 0 saturated heterocycles. The molecule has 214 valence electrons. The summed E-state index contributed by atoms with van der Waals surface area (Å²) in [5, 5.41) is 5.93. The monoisotopic (exact) mass is 563 g/mol. The quantitative estimate of drug-likeness (QED) is 0.319. The van der Waals surface area contributed by atoms with E-state index < -0.39 is 17.3 Å². The predicted molar refractivity (Wildman–Crippen MR) is 151 cm³/mol. The molecule has 4 aromatic rings. The lowest BCUT2D eigenvalue weighted by Gasteiger charge is -2.34. The molecule has 2 N–H and O–H groups in total. The second-order valence-corrected chi connectivity index (χ2v) is 11.2. The van der Waals surface area contributed by atoms with Gasteiger partial charge in [-0.3, -0.25) is 4.79 Å². The Morgan fingerprint density at radius 1 is 1.00 bits per heavy atom. The zero-order valence-corrected chi connectivity index (χ0v) is 23.2. The van der Waals surface area contributed by atoms with Crippen LogP contribution in [0, 0.1) is 0 Å².